The maximum atomic E-state index is 10.8. The number of primary amides is 1. The smallest absolute Gasteiger partial charge is 0.217 e. The van der Waals surface area contributed by atoms with E-state index in [1.165, 1.54) is 0 Å². The standard InChI is InChI=1S/C11H23N3O2/c12-9(7-15)6-14-10-3-1-8(2-4-10)5-11(13)16/h8-10,14-15H,1-7,12H2,(H2,13,16)/t8?,9-,10?/m1/s1. The first-order valence-corrected chi connectivity index (χ1v) is 6.00. The predicted molar refractivity (Wildman–Crippen MR) is 62.6 cm³/mol. The minimum Gasteiger partial charge on any atom is -0.395 e. The molecule has 0 radical (unpaired) electrons. The van der Waals surface area contributed by atoms with Crippen molar-refractivity contribution in [3.63, 3.8) is 0 Å². The van der Waals surface area contributed by atoms with Crippen molar-refractivity contribution in [2.24, 2.45) is 17.4 Å². The average molecular weight is 229 g/mol. The van der Waals surface area contributed by atoms with E-state index in [1.807, 2.05) is 0 Å². The summed E-state index contributed by atoms with van der Waals surface area (Å²) in [5, 5.41) is 12.1. The number of aliphatic hydroxyl groups is 1. The van der Waals surface area contributed by atoms with E-state index >= 15 is 0 Å². The molecule has 0 aromatic rings. The molecule has 1 fully saturated rings. The number of rotatable bonds is 6. The quantitative estimate of drug-likeness (QED) is 0.485. The van der Waals surface area contributed by atoms with Gasteiger partial charge in [-0.05, 0) is 31.6 Å². The summed E-state index contributed by atoms with van der Waals surface area (Å²) in [6.45, 7) is 0.672. The second-order valence-electron chi connectivity index (χ2n) is 4.74. The summed E-state index contributed by atoms with van der Waals surface area (Å²) in [6.07, 6.45) is 4.75. The topological polar surface area (TPSA) is 101 Å². The second-order valence-corrected chi connectivity index (χ2v) is 4.74. The van der Waals surface area contributed by atoms with Gasteiger partial charge in [0.2, 0.25) is 5.91 Å². The van der Waals surface area contributed by atoms with Crippen LogP contribution in [0.15, 0.2) is 0 Å². The number of aliphatic hydroxyl groups excluding tert-OH is 1. The normalized spacial score (nSPS) is 27.6. The third kappa shape index (κ3) is 4.92. The van der Waals surface area contributed by atoms with Crippen LogP contribution in [0.4, 0.5) is 0 Å². The van der Waals surface area contributed by atoms with Crippen LogP contribution in [-0.4, -0.2) is 36.2 Å². The van der Waals surface area contributed by atoms with Crippen LogP contribution >= 0.6 is 0 Å². The van der Waals surface area contributed by atoms with Crippen molar-refractivity contribution in [3.8, 4) is 0 Å². The van der Waals surface area contributed by atoms with Crippen molar-refractivity contribution in [2.75, 3.05) is 13.2 Å². The lowest BCUT2D eigenvalue weighted by molar-refractivity contribution is -0.119. The van der Waals surface area contributed by atoms with Crippen LogP contribution in [0.2, 0.25) is 0 Å². The molecule has 16 heavy (non-hydrogen) atoms. The molecule has 5 heteroatoms. The highest BCUT2D eigenvalue weighted by Crippen LogP contribution is 2.26. The minimum atomic E-state index is -0.196. The van der Waals surface area contributed by atoms with Crippen LogP contribution in [0, 0.1) is 5.92 Å². The molecule has 6 N–H and O–H groups in total. The molecule has 5 nitrogen and oxygen atoms in total. The third-order valence-electron chi connectivity index (χ3n) is 3.24. The van der Waals surface area contributed by atoms with E-state index in [0.717, 1.165) is 25.7 Å². The summed E-state index contributed by atoms with van der Waals surface area (Å²) in [5.74, 6) is 0.265. The fourth-order valence-electron chi connectivity index (χ4n) is 2.24. The van der Waals surface area contributed by atoms with Crippen molar-refractivity contribution >= 4 is 5.91 Å². The highest BCUT2D eigenvalue weighted by atomic mass is 16.3. The van der Waals surface area contributed by atoms with Gasteiger partial charge in [-0.15, -0.1) is 0 Å². The molecule has 1 aliphatic rings. The number of nitrogens with one attached hydrogen (secondary N) is 1. The van der Waals surface area contributed by atoms with Crippen molar-refractivity contribution in [3.05, 3.63) is 0 Å². The lowest BCUT2D eigenvalue weighted by atomic mass is 9.84. The van der Waals surface area contributed by atoms with Gasteiger partial charge in [-0.1, -0.05) is 0 Å². The van der Waals surface area contributed by atoms with Gasteiger partial charge in [0.25, 0.3) is 0 Å². The van der Waals surface area contributed by atoms with Crippen molar-refractivity contribution in [1.82, 2.24) is 5.32 Å². The Morgan fingerprint density at radius 1 is 1.38 bits per heavy atom. The zero-order valence-electron chi connectivity index (χ0n) is 9.69. The van der Waals surface area contributed by atoms with E-state index in [9.17, 15) is 4.79 Å². The molecule has 1 aliphatic carbocycles. The van der Waals surface area contributed by atoms with Crippen LogP contribution in [0.3, 0.4) is 0 Å². The maximum Gasteiger partial charge on any atom is 0.217 e. The van der Waals surface area contributed by atoms with E-state index < -0.39 is 0 Å². The van der Waals surface area contributed by atoms with E-state index in [1.54, 1.807) is 0 Å². The van der Waals surface area contributed by atoms with Gasteiger partial charge in [0, 0.05) is 25.0 Å². The number of hydrogen-bond donors (Lipinski definition) is 4. The molecular formula is C11H23N3O2. The fraction of sp³-hybridized carbons (Fsp3) is 0.909. The van der Waals surface area contributed by atoms with Crippen molar-refractivity contribution in [1.29, 1.82) is 0 Å². The molecule has 0 heterocycles. The lowest BCUT2D eigenvalue weighted by Gasteiger charge is -2.29. The molecule has 0 aromatic carbocycles. The molecule has 0 aromatic heterocycles. The van der Waals surface area contributed by atoms with E-state index in [2.05, 4.69) is 5.32 Å². The Hall–Kier alpha value is -0.650. The molecule has 0 saturated heterocycles. The van der Waals surface area contributed by atoms with Crippen LogP contribution < -0.4 is 16.8 Å². The van der Waals surface area contributed by atoms with Gasteiger partial charge in [0.05, 0.1) is 6.61 Å². The Morgan fingerprint density at radius 3 is 2.50 bits per heavy atom. The van der Waals surface area contributed by atoms with Gasteiger partial charge in [-0.3, -0.25) is 4.79 Å². The number of amides is 1. The Balaban J connectivity index is 2.14. The average Bonchev–Trinajstić information content (AvgIpc) is 2.27. The molecule has 0 aliphatic heterocycles. The van der Waals surface area contributed by atoms with Crippen molar-refractivity contribution < 1.29 is 9.90 Å². The Morgan fingerprint density at radius 2 is 2.00 bits per heavy atom. The zero-order valence-corrected chi connectivity index (χ0v) is 9.69. The molecule has 1 amide bonds. The highest BCUT2D eigenvalue weighted by Gasteiger charge is 2.22. The first-order chi connectivity index (χ1) is 7.61. The highest BCUT2D eigenvalue weighted by molar-refractivity contribution is 5.73. The van der Waals surface area contributed by atoms with E-state index in [0.29, 0.717) is 24.9 Å². The van der Waals surface area contributed by atoms with Crippen LogP contribution in [-0.2, 0) is 4.79 Å². The number of carbonyl (C=O) groups excluding carboxylic acids is 1. The first kappa shape index (κ1) is 13.4. The summed E-state index contributed by atoms with van der Waals surface area (Å²) >= 11 is 0. The van der Waals surface area contributed by atoms with Gasteiger partial charge < -0.3 is 21.9 Å². The van der Waals surface area contributed by atoms with E-state index in [-0.39, 0.29) is 18.6 Å². The summed E-state index contributed by atoms with van der Waals surface area (Å²) < 4.78 is 0. The van der Waals surface area contributed by atoms with Crippen molar-refractivity contribution in [2.45, 2.75) is 44.2 Å². The van der Waals surface area contributed by atoms with Gasteiger partial charge >= 0.3 is 0 Å². The molecule has 0 spiro atoms. The second kappa shape index (κ2) is 6.83. The Bertz CT molecular complexity index is 215. The van der Waals surface area contributed by atoms with Gasteiger partial charge in [-0.25, -0.2) is 0 Å². The molecule has 0 unspecified atom stereocenters. The van der Waals surface area contributed by atoms with Gasteiger partial charge in [0.15, 0.2) is 0 Å². The van der Waals surface area contributed by atoms with Crippen LogP contribution in [0.5, 0.6) is 0 Å². The molecule has 94 valence electrons. The summed E-state index contributed by atoms with van der Waals surface area (Å²) in [6, 6.07) is 0.296. The number of nitrogens with two attached hydrogens (primary N) is 2. The lowest BCUT2D eigenvalue weighted by Crippen LogP contribution is -2.43. The maximum absolute atomic E-state index is 10.8. The molecule has 1 rings (SSSR count). The number of carbonyl (C=O) groups is 1. The van der Waals surface area contributed by atoms with E-state index in [4.69, 9.17) is 16.6 Å². The van der Waals surface area contributed by atoms with Crippen LogP contribution in [0.25, 0.3) is 0 Å². The number of hydrogen-bond acceptors (Lipinski definition) is 4. The Labute approximate surface area is 96.6 Å². The summed E-state index contributed by atoms with van der Waals surface area (Å²) in [4.78, 5) is 10.8. The fourth-order valence-corrected chi connectivity index (χ4v) is 2.24. The minimum absolute atomic E-state index is 0.0179. The SMILES string of the molecule is NC(=O)CC1CCC(NC[C@@H](N)CO)CC1. The summed E-state index contributed by atoms with van der Waals surface area (Å²) in [5.41, 5.74) is 10.8. The summed E-state index contributed by atoms with van der Waals surface area (Å²) in [7, 11) is 0. The molecular weight excluding hydrogens is 206 g/mol. The van der Waals surface area contributed by atoms with Gasteiger partial charge in [-0.2, -0.15) is 0 Å². The predicted octanol–water partition coefficient (Wildman–Crippen LogP) is -0.670. The molecule has 1 saturated carbocycles. The molecule has 0 bridgehead atoms. The molecule has 1 atom stereocenters. The Kier molecular flexibility index (Phi) is 5.73. The largest absolute Gasteiger partial charge is 0.395 e. The van der Waals surface area contributed by atoms with Gasteiger partial charge in [0.1, 0.15) is 0 Å². The third-order valence-corrected chi connectivity index (χ3v) is 3.24. The van der Waals surface area contributed by atoms with Crippen LogP contribution in [0.1, 0.15) is 32.1 Å². The zero-order chi connectivity index (χ0) is 12.0. The monoisotopic (exact) mass is 229 g/mol. The first-order valence-electron chi connectivity index (χ1n) is 6.00.